The van der Waals surface area contributed by atoms with Crippen LogP contribution in [0.15, 0.2) is 0 Å². The molecule has 6 bridgehead atoms. The van der Waals surface area contributed by atoms with E-state index in [1.165, 1.54) is 0 Å². The van der Waals surface area contributed by atoms with Crippen molar-refractivity contribution >= 4 is 35.8 Å². The van der Waals surface area contributed by atoms with Gasteiger partial charge in [-0.1, -0.05) is 41.5 Å². The third-order valence-electron chi connectivity index (χ3n) is 21.9. The summed E-state index contributed by atoms with van der Waals surface area (Å²) in [5.41, 5.74) is -2.56. The summed E-state index contributed by atoms with van der Waals surface area (Å²) in [6.07, 6.45) is 2.04. The maximum atomic E-state index is 13.6. The zero-order chi connectivity index (χ0) is 59.3. The van der Waals surface area contributed by atoms with Crippen LogP contribution in [0.1, 0.15) is 178 Å². The van der Waals surface area contributed by atoms with Crippen molar-refractivity contribution in [2.75, 3.05) is 13.2 Å². The Hall–Kier alpha value is -3.66. The Kier molecular flexibility index (Phi) is 16.6. The predicted molar refractivity (Wildman–Crippen MR) is 280 cm³/mol. The zero-order valence-electron chi connectivity index (χ0n) is 50.0. The van der Waals surface area contributed by atoms with Crippen LogP contribution >= 0.6 is 0 Å². The molecule has 3 aliphatic carbocycles. The van der Waals surface area contributed by atoms with Crippen molar-refractivity contribution in [1.29, 1.82) is 0 Å². The fourth-order valence-electron chi connectivity index (χ4n) is 17.2. The first kappa shape index (κ1) is 60.6. The molecule has 24 heteroatoms. The van der Waals surface area contributed by atoms with Crippen LogP contribution in [0, 0.1) is 71.0 Å². The Morgan fingerprint density at radius 1 is 0.405 bits per heavy atom. The molecule has 0 radical (unpaired) electrons. The number of carbonyl (C=O) groups is 6. The maximum absolute atomic E-state index is 13.6. The zero-order valence-corrected chi connectivity index (χ0v) is 50.0. The van der Waals surface area contributed by atoms with E-state index in [9.17, 15) is 28.8 Å². The van der Waals surface area contributed by atoms with Crippen LogP contribution in [-0.2, 0) is 110 Å². The highest BCUT2D eigenvalue weighted by Crippen LogP contribution is 2.64. The Morgan fingerprint density at radius 2 is 0.714 bits per heavy atom. The van der Waals surface area contributed by atoms with Gasteiger partial charge in [0.05, 0.1) is 38.1 Å². The number of hydrogen-bond donors (Lipinski definition) is 1. The molecule has 0 aromatic rings. The molecule has 84 heavy (non-hydrogen) atoms. The van der Waals surface area contributed by atoms with Crippen molar-refractivity contribution in [2.45, 2.75) is 256 Å². The van der Waals surface area contributed by atoms with Crippen LogP contribution in [0.3, 0.4) is 0 Å². The van der Waals surface area contributed by atoms with Gasteiger partial charge in [-0.05, 0) is 114 Å². The van der Waals surface area contributed by atoms with Crippen LogP contribution in [0.4, 0.5) is 0 Å². The highest BCUT2D eigenvalue weighted by Gasteiger charge is 2.73. The fraction of sp³-hybridized carbons (Fsp3) is 0.900. The van der Waals surface area contributed by atoms with Crippen molar-refractivity contribution in [1.82, 2.24) is 5.32 Å². The Morgan fingerprint density at radius 3 is 1.05 bits per heavy atom. The highest BCUT2D eigenvalue weighted by atomic mass is 17.3. The molecule has 12 saturated heterocycles. The van der Waals surface area contributed by atoms with Crippen LogP contribution < -0.4 is 5.32 Å². The topological polar surface area (TPSA) is 271 Å². The van der Waals surface area contributed by atoms with Gasteiger partial charge in [0.1, 0.15) is 13.2 Å². The number of nitrogens with one attached hydrogen (secondary N) is 1. The summed E-state index contributed by atoms with van der Waals surface area (Å²) in [4.78, 5) is 117. The van der Waals surface area contributed by atoms with Gasteiger partial charge < -0.3 is 57.4 Å². The lowest BCUT2D eigenvalue weighted by molar-refractivity contribution is -0.576. The minimum Gasteiger partial charge on any atom is -0.463 e. The monoisotopic (exact) mass is 1190 g/mol. The fourth-order valence-corrected chi connectivity index (χ4v) is 17.2. The number of esters is 5. The lowest BCUT2D eigenvalue weighted by Gasteiger charge is -2.59. The highest BCUT2D eigenvalue weighted by molar-refractivity contribution is 5.82. The van der Waals surface area contributed by atoms with Gasteiger partial charge >= 0.3 is 29.8 Å². The summed E-state index contributed by atoms with van der Waals surface area (Å²) in [5.74, 6) is -7.13. The van der Waals surface area contributed by atoms with Gasteiger partial charge in [0.25, 0.3) is 0 Å². The number of hydrogen-bond acceptors (Lipinski definition) is 23. The molecular weight excluding hydrogens is 1100 g/mol. The van der Waals surface area contributed by atoms with Crippen molar-refractivity contribution in [3.05, 3.63) is 0 Å². The molecule has 3 spiro atoms. The molecule has 24 nitrogen and oxygen atoms in total. The molecule has 1 amide bonds. The Bertz CT molecular complexity index is 2410. The van der Waals surface area contributed by atoms with Gasteiger partial charge in [-0.3, -0.25) is 28.8 Å². The molecule has 3 unspecified atom stereocenters. The Labute approximate surface area is 489 Å². The van der Waals surface area contributed by atoms with Gasteiger partial charge in [0, 0.05) is 61.2 Å². The molecule has 12 aliphatic heterocycles. The molecule has 24 atom stereocenters. The Balaban J connectivity index is 0.644. The molecule has 0 aromatic carbocycles. The predicted octanol–water partition coefficient (Wildman–Crippen LogP) is 7.15. The lowest BCUT2D eigenvalue weighted by atomic mass is 9.58. The van der Waals surface area contributed by atoms with E-state index in [1.807, 2.05) is 41.5 Å². The smallest absolute Gasteiger partial charge is 0.308 e. The lowest BCUT2D eigenvalue weighted by Crippen LogP contribution is -2.70. The number of ether oxygens (including phenoxy) is 11. The van der Waals surface area contributed by atoms with E-state index in [4.69, 9.17) is 81.4 Å². The van der Waals surface area contributed by atoms with Gasteiger partial charge in [-0.15, -0.1) is 0 Å². The SMILES string of the molecule is C[C@H]1[C@H](OC(=O)CCC(=O)NC(COC(=O)CCC(=O)O[C@@H]2O[C@@H]3OC4(C)CC[C@H]5[C@H](C)CC[C@@H]([C@H]2C)[C@@]35OO4)COC(=O)CCC(=O)O[C@@H]2O[C@@H]3OC4(C)CC[C@H]5[C@H](C)CC[C@@H]([C@H]2C)[C@@]35OO4)O[C@@H]2OC3(C)CC[C@H]4[C@H](C)CC[C@@H]1[C@@]24OO3. The number of fused-ring (bicyclic) bond motifs is 6. The molecule has 0 aromatic heterocycles. The van der Waals surface area contributed by atoms with Crippen molar-refractivity contribution in [3.63, 3.8) is 0 Å². The first-order chi connectivity index (χ1) is 40.0. The van der Waals surface area contributed by atoms with E-state index >= 15 is 0 Å². The molecule has 3 saturated carbocycles. The van der Waals surface area contributed by atoms with Gasteiger partial charge in [-0.2, -0.15) is 0 Å². The minimum atomic E-state index is -1.12. The second-order valence-electron chi connectivity index (χ2n) is 27.4. The largest absolute Gasteiger partial charge is 0.463 e. The van der Waals surface area contributed by atoms with Crippen LogP contribution in [0.5, 0.6) is 0 Å². The second-order valence-corrected chi connectivity index (χ2v) is 27.4. The van der Waals surface area contributed by atoms with E-state index in [0.717, 1.165) is 57.8 Å². The quantitative estimate of drug-likeness (QED) is 0.0860. The molecule has 15 fully saturated rings. The normalized spacial score (nSPS) is 47.8. The molecular formula is C60H87NO23. The first-order valence-electron chi connectivity index (χ1n) is 31.3. The van der Waals surface area contributed by atoms with E-state index in [2.05, 4.69) is 26.1 Å². The van der Waals surface area contributed by atoms with Gasteiger partial charge in [-0.25, -0.2) is 29.3 Å². The summed E-state index contributed by atoms with van der Waals surface area (Å²) >= 11 is 0. The summed E-state index contributed by atoms with van der Waals surface area (Å²) in [6, 6.07) is -1.12. The van der Waals surface area contributed by atoms with E-state index in [0.29, 0.717) is 37.0 Å². The number of rotatable bonds is 17. The van der Waals surface area contributed by atoms with Crippen molar-refractivity contribution in [3.8, 4) is 0 Å². The minimum absolute atomic E-state index is 0.0873. The average Bonchev–Trinajstić information content (AvgIpc) is 1.77. The average molecular weight is 1190 g/mol. The molecule has 470 valence electrons. The summed E-state index contributed by atoms with van der Waals surface area (Å²) < 4.78 is 67.1. The third kappa shape index (κ3) is 10.8. The number of amides is 1. The van der Waals surface area contributed by atoms with Crippen LogP contribution in [0.2, 0.25) is 0 Å². The van der Waals surface area contributed by atoms with Crippen LogP contribution in [0.25, 0.3) is 0 Å². The second kappa shape index (κ2) is 23.1. The maximum Gasteiger partial charge on any atom is 0.308 e. The van der Waals surface area contributed by atoms with E-state index in [-0.39, 0.29) is 91.8 Å². The number of carbonyl (C=O) groups excluding carboxylic acids is 6. The molecule has 1 N–H and O–H groups in total. The molecule has 15 aliphatic rings. The van der Waals surface area contributed by atoms with Gasteiger partial charge in [0.15, 0.2) is 35.7 Å². The van der Waals surface area contributed by atoms with Crippen molar-refractivity contribution < 1.29 is 110 Å². The van der Waals surface area contributed by atoms with E-state index in [1.54, 1.807) is 0 Å². The summed E-state index contributed by atoms with van der Waals surface area (Å²) in [7, 11) is 0. The first-order valence-corrected chi connectivity index (χ1v) is 31.3. The molecule has 15 rings (SSSR count). The summed E-state index contributed by atoms with van der Waals surface area (Å²) in [5, 5.41) is 2.70. The standard InChI is InChI=1S/C60H87NO23/c1-30-10-13-40-33(4)49(73-52-58(40)37(30)22-25-55(7,76-52)79-82-58)70-46(65)17-16-43(62)61-36(28-68-44(63)18-20-47(66)71-50-34(5)41-14-11-31(2)38-23-26-56(8)77-53(74-50)59(38,41)83-80-56)29-69-45(64)19-21-48(67)72-51-35(6)42-15-12-32(3)39-24-27-57(9)78-54(75-51)60(39,42)84-81-57/h30-42,49-54H,10-29H2,1-9H3,(H,61,62)/t30-,31-,32-,33-,34-,35-,36?,37+,38+,39+,40+,41+,42+,49-,50-,51-,52-,53-,54-,55?,56?,57?,58-,59-,60-/m1/s1. The van der Waals surface area contributed by atoms with Crippen molar-refractivity contribution in [2.24, 2.45) is 71.0 Å². The third-order valence-corrected chi connectivity index (χ3v) is 21.9. The van der Waals surface area contributed by atoms with E-state index < -0.39 is 127 Å². The van der Waals surface area contributed by atoms with Gasteiger partial charge in [0.2, 0.25) is 42.1 Å². The summed E-state index contributed by atoms with van der Waals surface area (Å²) in [6.45, 7) is 16.9. The van der Waals surface area contributed by atoms with Crippen LogP contribution in [-0.4, -0.2) is 127 Å². The molecule has 12 heterocycles.